The molecule has 0 unspecified atom stereocenters. The molecule has 0 saturated carbocycles. The smallest absolute Gasteiger partial charge is 0.292 e. The maximum Gasteiger partial charge on any atom is 0.292 e. The lowest BCUT2D eigenvalue weighted by molar-refractivity contribution is 0.626. The number of pyridine rings is 1. The van der Waals surface area contributed by atoms with E-state index in [1.807, 2.05) is 26.0 Å². The summed E-state index contributed by atoms with van der Waals surface area (Å²) in [7, 11) is 0. The summed E-state index contributed by atoms with van der Waals surface area (Å²) in [6, 6.07) is 10.3. The highest BCUT2D eigenvalue weighted by Crippen LogP contribution is 2.23. The number of hydrogen-bond donors (Lipinski definition) is 1. The summed E-state index contributed by atoms with van der Waals surface area (Å²) < 4.78 is 5.35. The first-order chi connectivity index (χ1) is 9.11. The molecule has 2 aromatic heterocycles. The molecule has 19 heavy (non-hydrogen) atoms. The quantitative estimate of drug-likeness (QED) is 0.762. The number of aryl methyl sites for hydroxylation is 2. The fourth-order valence-corrected chi connectivity index (χ4v) is 2.41. The van der Waals surface area contributed by atoms with Crippen LogP contribution in [0.4, 0.5) is 6.01 Å². The van der Waals surface area contributed by atoms with Gasteiger partial charge in [0, 0.05) is 11.4 Å². The predicted octanol–water partition coefficient (Wildman–Crippen LogP) is 3.01. The van der Waals surface area contributed by atoms with Gasteiger partial charge in [-0.2, -0.15) is 4.98 Å². The van der Waals surface area contributed by atoms with E-state index in [4.69, 9.17) is 10.2 Å². The Kier molecular flexibility index (Phi) is 2.71. The van der Waals surface area contributed by atoms with Crippen molar-refractivity contribution >= 4 is 17.1 Å². The Morgan fingerprint density at radius 3 is 2.58 bits per heavy atom. The van der Waals surface area contributed by atoms with Crippen LogP contribution in [0.15, 0.2) is 34.7 Å². The van der Waals surface area contributed by atoms with Crippen molar-refractivity contribution in [2.75, 3.05) is 5.73 Å². The lowest BCUT2D eigenvalue weighted by atomic mass is 10.0. The van der Waals surface area contributed by atoms with Crippen molar-refractivity contribution in [2.24, 2.45) is 0 Å². The molecule has 1 aromatic carbocycles. The number of aromatic nitrogens is 2. The molecule has 0 aliphatic rings. The van der Waals surface area contributed by atoms with E-state index in [0.29, 0.717) is 0 Å². The number of hydrogen-bond acceptors (Lipinski definition) is 4. The van der Waals surface area contributed by atoms with Crippen molar-refractivity contribution in [2.45, 2.75) is 20.3 Å². The molecule has 4 nitrogen and oxygen atoms in total. The summed E-state index contributed by atoms with van der Waals surface area (Å²) in [5.74, 6) is 0. The normalized spacial score (nSPS) is 11.1. The van der Waals surface area contributed by atoms with E-state index in [1.165, 1.54) is 5.56 Å². The molecule has 3 aromatic rings. The van der Waals surface area contributed by atoms with E-state index in [9.17, 15) is 0 Å². The third-order valence-electron chi connectivity index (χ3n) is 3.05. The zero-order valence-corrected chi connectivity index (χ0v) is 11.0. The standard InChI is InChI=1S/C15H15N3O/c1-9-6-11(7-10(2)17-9)8-12-4-3-5-13-14(12)18-15(16)19-13/h3-7H,8H2,1-2H3,(H2,16,18). The summed E-state index contributed by atoms with van der Waals surface area (Å²) in [6.45, 7) is 4.01. The highest BCUT2D eigenvalue weighted by molar-refractivity contribution is 5.78. The first-order valence-corrected chi connectivity index (χ1v) is 6.20. The van der Waals surface area contributed by atoms with E-state index >= 15 is 0 Å². The Morgan fingerprint density at radius 2 is 1.84 bits per heavy atom. The zero-order chi connectivity index (χ0) is 13.4. The van der Waals surface area contributed by atoms with Gasteiger partial charge >= 0.3 is 0 Å². The largest absolute Gasteiger partial charge is 0.424 e. The van der Waals surface area contributed by atoms with Gasteiger partial charge in [0.05, 0.1) is 0 Å². The highest BCUT2D eigenvalue weighted by Gasteiger charge is 2.09. The molecule has 0 bridgehead atoms. The average Bonchev–Trinajstić information content (AvgIpc) is 2.69. The molecule has 0 fully saturated rings. The van der Waals surface area contributed by atoms with Crippen molar-refractivity contribution in [3.05, 3.63) is 52.8 Å². The van der Waals surface area contributed by atoms with Crippen molar-refractivity contribution in [3.63, 3.8) is 0 Å². The molecule has 96 valence electrons. The molecule has 2 N–H and O–H groups in total. The Bertz CT molecular complexity index is 726. The van der Waals surface area contributed by atoms with Gasteiger partial charge in [-0.1, -0.05) is 12.1 Å². The zero-order valence-electron chi connectivity index (χ0n) is 11.0. The second-order valence-corrected chi connectivity index (χ2v) is 4.75. The van der Waals surface area contributed by atoms with Crippen LogP contribution in [0.2, 0.25) is 0 Å². The van der Waals surface area contributed by atoms with Gasteiger partial charge in [-0.05, 0) is 49.6 Å². The SMILES string of the molecule is Cc1cc(Cc2cccc3oc(N)nc23)cc(C)n1. The van der Waals surface area contributed by atoms with E-state index in [0.717, 1.165) is 34.5 Å². The minimum atomic E-state index is 0.213. The Morgan fingerprint density at radius 1 is 1.11 bits per heavy atom. The van der Waals surface area contributed by atoms with Gasteiger partial charge in [0.1, 0.15) is 5.52 Å². The molecule has 0 atom stereocenters. The van der Waals surface area contributed by atoms with Gasteiger partial charge in [0.25, 0.3) is 6.01 Å². The predicted molar refractivity (Wildman–Crippen MR) is 74.9 cm³/mol. The molecule has 0 radical (unpaired) electrons. The third-order valence-corrected chi connectivity index (χ3v) is 3.05. The number of benzene rings is 1. The number of nitrogen functional groups attached to an aromatic ring is 1. The van der Waals surface area contributed by atoms with E-state index in [1.54, 1.807) is 0 Å². The molecule has 4 heteroatoms. The summed E-state index contributed by atoms with van der Waals surface area (Å²) in [4.78, 5) is 8.64. The van der Waals surface area contributed by atoms with Crippen molar-refractivity contribution in [3.8, 4) is 0 Å². The van der Waals surface area contributed by atoms with Crippen molar-refractivity contribution in [1.29, 1.82) is 0 Å². The van der Waals surface area contributed by atoms with Gasteiger partial charge in [-0.15, -0.1) is 0 Å². The van der Waals surface area contributed by atoms with Crippen LogP contribution in [-0.2, 0) is 6.42 Å². The fourth-order valence-electron chi connectivity index (χ4n) is 2.41. The Hall–Kier alpha value is -2.36. The lowest BCUT2D eigenvalue weighted by Crippen LogP contribution is -1.94. The number of nitrogens with zero attached hydrogens (tertiary/aromatic N) is 2. The molecule has 0 aliphatic carbocycles. The molecule has 0 aliphatic heterocycles. The molecule has 0 amide bonds. The summed E-state index contributed by atoms with van der Waals surface area (Å²) >= 11 is 0. The van der Waals surface area contributed by atoms with Crippen LogP contribution >= 0.6 is 0 Å². The third kappa shape index (κ3) is 2.29. The van der Waals surface area contributed by atoms with Crippen molar-refractivity contribution < 1.29 is 4.42 Å². The number of nitrogens with two attached hydrogens (primary N) is 1. The summed E-state index contributed by atoms with van der Waals surface area (Å²) in [5.41, 5.74) is 11.6. The molecular formula is C15H15N3O. The maximum atomic E-state index is 5.61. The number of anilines is 1. The minimum Gasteiger partial charge on any atom is -0.424 e. The van der Waals surface area contributed by atoms with Crippen LogP contribution in [0.5, 0.6) is 0 Å². The summed E-state index contributed by atoms with van der Waals surface area (Å²) in [5, 5.41) is 0. The van der Waals surface area contributed by atoms with E-state index in [-0.39, 0.29) is 6.01 Å². The number of oxazole rings is 1. The second-order valence-electron chi connectivity index (χ2n) is 4.75. The van der Waals surface area contributed by atoms with Crippen LogP contribution in [0.1, 0.15) is 22.5 Å². The second kappa shape index (κ2) is 4.39. The van der Waals surface area contributed by atoms with Crippen LogP contribution < -0.4 is 5.73 Å². The van der Waals surface area contributed by atoms with Crippen LogP contribution in [0, 0.1) is 13.8 Å². The maximum absolute atomic E-state index is 5.61. The van der Waals surface area contributed by atoms with Gasteiger partial charge in [0.2, 0.25) is 0 Å². The highest BCUT2D eigenvalue weighted by atomic mass is 16.4. The van der Waals surface area contributed by atoms with Gasteiger partial charge in [0.15, 0.2) is 5.58 Å². The van der Waals surface area contributed by atoms with Crippen LogP contribution in [0.25, 0.3) is 11.1 Å². The lowest BCUT2D eigenvalue weighted by Gasteiger charge is -2.05. The molecule has 0 spiro atoms. The monoisotopic (exact) mass is 253 g/mol. The fraction of sp³-hybridized carbons (Fsp3) is 0.200. The molecule has 2 heterocycles. The summed E-state index contributed by atoms with van der Waals surface area (Å²) in [6.07, 6.45) is 0.799. The number of para-hydroxylation sites is 1. The Labute approximate surface area is 111 Å². The van der Waals surface area contributed by atoms with E-state index < -0.39 is 0 Å². The van der Waals surface area contributed by atoms with Gasteiger partial charge in [-0.3, -0.25) is 4.98 Å². The van der Waals surface area contributed by atoms with Crippen LogP contribution in [0.3, 0.4) is 0 Å². The Balaban J connectivity index is 2.05. The molecule has 0 saturated heterocycles. The first-order valence-electron chi connectivity index (χ1n) is 6.20. The minimum absolute atomic E-state index is 0.213. The molecule has 3 rings (SSSR count). The van der Waals surface area contributed by atoms with Crippen LogP contribution in [-0.4, -0.2) is 9.97 Å². The average molecular weight is 253 g/mol. The van der Waals surface area contributed by atoms with Gasteiger partial charge < -0.3 is 10.2 Å². The topological polar surface area (TPSA) is 64.9 Å². The van der Waals surface area contributed by atoms with Crippen molar-refractivity contribution in [1.82, 2.24) is 9.97 Å². The number of fused-ring (bicyclic) bond motifs is 1. The number of rotatable bonds is 2. The van der Waals surface area contributed by atoms with Gasteiger partial charge in [-0.25, -0.2) is 0 Å². The van der Waals surface area contributed by atoms with E-state index in [2.05, 4.69) is 28.2 Å². The first kappa shape index (κ1) is 11.7. The molecular weight excluding hydrogens is 238 g/mol.